The molecule has 2 heterocycles. The molecule has 0 saturated heterocycles. The van der Waals surface area contributed by atoms with Crippen LogP contribution in [0.15, 0.2) is 63.6 Å². The van der Waals surface area contributed by atoms with Gasteiger partial charge in [0.05, 0.1) is 5.69 Å². The summed E-state index contributed by atoms with van der Waals surface area (Å²) in [6.45, 7) is 0. The summed E-state index contributed by atoms with van der Waals surface area (Å²) in [7, 11) is 0. The zero-order valence-electron chi connectivity index (χ0n) is 13.7. The number of thioether (sulfide) groups is 1. The summed E-state index contributed by atoms with van der Waals surface area (Å²) in [6, 6.07) is 12.0. The van der Waals surface area contributed by atoms with Crippen LogP contribution in [0.4, 0.5) is 19.6 Å². The maximum absolute atomic E-state index is 13.0. The number of nitrogens with one attached hydrogen (secondary N) is 1. The van der Waals surface area contributed by atoms with Gasteiger partial charge in [-0.1, -0.05) is 23.1 Å². The first-order valence-electron chi connectivity index (χ1n) is 7.85. The van der Waals surface area contributed by atoms with Gasteiger partial charge in [-0.05, 0) is 48.5 Å². The van der Waals surface area contributed by atoms with Crippen LogP contribution in [0.5, 0.6) is 0 Å². The summed E-state index contributed by atoms with van der Waals surface area (Å²) in [5.41, 5.74) is 2.21. The highest BCUT2D eigenvalue weighted by Gasteiger charge is 2.10. The van der Waals surface area contributed by atoms with Gasteiger partial charge in [-0.15, -0.1) is 10.2 Å². The monoisotopic (exact) mass is 402 g/mol. The number of aromatic nitrogens is 3. The molecule has 0 aliphatic heterocycles. The minimum Gasteiger partial charge on any atom is -0.444 e. The Morgan fingerprint density at radius 2 is 1.67 bits per heavy atom. The molecule has 4 aromatic rings. The van der Waals surface area contributed by atoms with Crippen LogP contribution < -0.4 is 5.32 Å². The van der Waals surface area contributed by atoms with Crippen molar-refractivity contribution in [2.75, 3.05) is 5.32 Å². The van der Waals surface area contributed by atoms with E-state index in [2.05, 4.69) is 20.5 Å². The summed E-state index contributed by atoms with van der Waals surface area (Å²) in [5, 5.41) is 11.9. The molecule has 2 aromatic heterocycles. The number of halogens is 2. The van der Waals surface area contributed by atoms with Gasteiger partial charge in [0.15, 0.2) is 4.34 Å². The molecule has 1 N–H and O–H groups in total. The molecule has 0 unspecified atom stereocenters. The van der Waals surface area contributed by atoms with Gasteiger partial charge in [0.25, 0.3) is 0 Å². The Morgan fingerprint density at radius 3 is 2.41 bits per heavy atom. The number of anilines is 2. The minimum atomic E-state index is -0.303. The van der Waals surface area contributed by atoms with Crippen LogP contribution in [-0.4, -0.2) is 15.2 Å². The zero-order valence-corrected chi connectivity index (χ0v) is 15.4. The summed E-state index contributed by atoms with van der Waals surface area (Å²) in [6.07, 6.45) is 1.57. The van der Waals surface area contributed by atoms with E-state index in [1.807, 2.05) is 0 Å². The molecular formula is C18H12F2N4OS2. The van der Waals surface area contributed by atoms with Crippen LogP contribution >= 0.6 is 23.1 Å². The fourth-order valence-electron chi connectivity index (χ4n) is 2.21. The average molecular weight is 402 g/mol. The number of rotatable bonds is 6. The van der Waals surface area contributed by atoms with Crippen molar-refractivity contribution >= 4 is 33.9 Å². The van der Waals surface area contributed by atoms with Crippen LogP contribution in [0.25, 0.3) is 11.5 Å². The highest BCUT2D eigenvalue weighted by atomic mass is 32.2. The molecule has 0 amide bonds. The van der Waals surface area contributed by atoms with Gasteiger partial charge in [0, 0.05) is 17.0 Å². The number of benzene rings is 2. The van der Waals surface area contributed by atoms with E-state index in [1.54, 1.807) is 30.5 Å². The summed E-state index contributed by atoms with van der Waals surface area (Å²) < 4.78 is 32.1. The Bertz CT molecular complexity index is 1030. The first-order valence-corrected chi connectivity index (χ1v) is 9.65. The van der Waals surface area contributed by atoms with Crippen LogP contribution in [0.3, 0.4) is 0 Å². The largest absolute Gasteiger partial charge is 0.444 e. The van der Waals surface area contributed by atoms with Crippen LogP contribution in [0, 0.1) is 11.6 Å². The molecule has 4 rings (SSSR count). The third-order valence-corrected chi connectivity index (χ3v) is 5.49. The number of hydrogen-bond acceptors (Lipinski definition) is 7. The molecular weight excluding hydrogens is 390 g/mol. The molecule has 0 fully saturated rings. The topological polar surface area (TPSA) is 63.8 Å². The summed E-state index contributed by atoms with van der Waals surface area (Å²) in [4.78, 5) is 4.40. The zero-order chi connectivity index (χ0) is 18.6. The van der Waals surface area contributed by atoms with Gasteiger partial charge >= 0.3 is 0 Å². The van der Waals surface area contributed by atoms with Gasteiger partial charge in [0.2, 0.25) is 11.0 Å². The maximum atomic E-state index is 13.0. The Kier molecular flexibility index (Phi) is 5.12. The fraction of sp³-hybridized carbons (Fsp3) is 0.0556. The van der Waals surface area contributed by atoms with Crippen LogP contribution in [0.2, 0.25) is 0 Å². The van der Waals surface area contributed by atoms with Crippen molar-refractivity contribution in [2.45, 2.75) is 10.1 Å². The Labute approximate surface area is 161 Å². The van der Waals surface area contributed by atoms with E-state index in [-0.39, 0.29) is 11.6 Å². The molecule has 0 radical (unpaired) electrons. The average Bonchev–Trinajstić information content (AvgIpc) is 3.32. The minimum absolute atomic E-state index is 0.290. The van der Waals surface area contributed by atoms with E-state index >= 15 is 0 Å². The highest BCUT2D eigenvalue weighted by molar-refractivity contribution is 8.00. The molecule has 0 atom stereocenters. The summed E-state index contributed by atoms with van der Waals surface area (Å²) in [5.74, 6) is 0.418. The van der Waals surface area contributed by atoms with E-state index in [0.717, 1.165) is 15.7 Å². The second-order valence-corrected chi connectivity index (χ2v) is 7.64. The Morgan fingerprint density at radius 1 is 0.963 bits per heavy atom. The number of nitrogens with zero attached hydrogens (tertiary/aromatic N) is 3. The lowest BCUT2D eigenvalue weighted by Crippen LogP contribution is -1.89. The van der Waals surface area contributed by atoms with Crippen LogP contribution in [0.1, 0.15) is 5.69 Å². The predicted molar refractivity (Wildman–Crippen MR) is 101 cm³/mol. The third-order valence-electron chi connectivity index (χ3n) is 3.49. The quantitative estimate of drug-likeness (QED) is 0.429. The Balaban J connectivity index is 1.36. The second kappa shape index (κ2) is 7.85. The highest BCUT2D eigenvalue weighted by Crippen LogP contribution is 2.30. The SMILES string of the molecule is Fc1ccc(Nc2nnc(SCc3coc(-c4ccc(F)cc4)n3)s2)cc1. The van der Waals surface area contributed by atoms with Gasteiger partial charge in [-0.25, -0.2) is 13.8 Å². The first kappa shape index (κ1) is 17.6. The molecule has 2 aromatic carbocycles. The van der Waals surface area contributed by atoms with Crippen molar-refractivity contribution in [1.29, 1.82) is 0 Å². The van der Waals surface area contributed by atoms with Crippen molar-refractivity contribution in [3.05, 3.63) is 72.1 Å². The maximum Gasteiger partial charge on any atom is 0.226 e. The molecule has 0 aliphatic carbocycles. The van der Waals surface area contributed by atoms with Gasteiger partial charge in [-0.2, -0.15) is 0 Å². The van der Waals surface area contributed by atoms with Gasteiger partial charge < -0.3 is 9.73 Å². The normalized spacial score (nSPS) is 10.9. The van der Waals surface area contributed by atoms with E-state index in [1.165, 1.54) is 47.4 Å². The standard InChI is InChI=1S/C18H12F2N4OS2/c19-12-3-1-11(2-4-12)16-21-15(9-25-16)10-26-18-24-23-17(27-18)22-14-7-5-13(20)6-8-14/h1-9H,10H2,(H,22,23). The molecule has 0 spiro atoms. The van der Waals surface area contributed by atoms with Gasteiger partial charge in [-0.3, -0.25) is 0 Å². The third kappa shape index (κ3) is 4.50. The van der Waals surface area contributed by atoms with Crippen molar-refractivity contribution in [3.8, 4) is 11.5 Å². The lowest BCUT2D eigenvalue weighted by Gasteiger charge is -2.00. The number of hydrogen-bond donors (Lipinski definition) is 1. The van der Waals surface area contributed by atoms with Crippen molar-refractivity contribution in [3.63, 3.8) is 0 Å². The fourth-order valence-corrected chi connectivity index (χ4v) is 3.86. The predicted octanol–water partition coefficient (Wildman–Crippen LogP) is 5.51. The Hall–Kier alpha value is -2.78. The lowest BCUT2D eigenvalue weighted by molar-refractivity contribution is 0.573. The van der Waals surface area contributed by atoms with E-state index in [9.17, 15) is 8.78 Å². The molecule has 5 nitrogen and oxygen atoms in total. The lowest BCUT2D eigenvalue weighted by atomic mass is 10.2. The summed E-state index contributed by atoms with van der Waals surface area (Å²) >= 11 is 2.87. The molecule has 0 saturated carbocycles. The molecule has 0 aliphatic rings. The van der Waals surface area contributed by atoms with Crippen molar-refractivity contribution in [2.24, 2.45) is 0 Å². The van der Waals surface area contributed by atoms with E-state index < -0.39 is 0 Å². The first-order chi connectivity index (χ1) is 13.2. The van der Waals surface area contributed by atoms with Crippen molar-refractivity contribution < 1.29 is 13.2 Å². The molecule has 0 bridgehead atoms. The van der Waals surface area contributed by atoms with Crippen molar-refractivity contribution in [1.82, 2.24) is 15.2 Å². The van der Waals surface area contributed by atoms with E-state index in [4.69, 9.17) is 4.42 Å². The van der Waals surface area contributed by atoms with E-state index in [0.29, 0.717) is 22.3 Å². The molecule has 136 valence electrons. The van der Waals surface area contributed by atoms with Gasteiger partial charge in [0.1, 0.15) is 17.9 Å². The second-order valence-electron chi connectivity index (χ2n) is 5.44. The smallest absolute Gasteiger partial charge is 0.226 e. The number of oxazole rings is 1. The molecule has 9 heteroatoms. The molecule has 27 heavy (non-hydrogen) atoms. The van der Waals surface area contributed by atoms with Crippen LogP contribution in [-0.2, 0) is 5.75 Å².